The van der Waals surface area contributed by atoms with Crippen LogP contribution in [0.15, 0.2) is 30.3 Å². The van der Waals surface area contributed by atoms with Gasteiger partial charge in [0, 0.05) is 45.0 Å². The van der Waals surface area contributed by atoms with Gasteiger partial charge in [0.05, 0.1) is 0 Å². The van der Waals surface area contributed by atoms with Gasteiger partial charge >= 0.3 is 0 Å². The maximum Gasteiger partial charge on any atom is 0.222 e. The van der Waals surface area contributed by atoms with Crippen LogP contribution in [0.3, 0.4) is 0 Å². The van der Waals surface area contributed by atoms with Gasteiger partial charge in [-0.2, -0.15) is 0 Å². The Labute approximate surface area is 132 Å². The average Bonchev–Trinajstić information content (AvgIpc) is 2.47. The highest BCUT2D eigenvalue weighted by molar-refractivity contribution is 6.18. The molecule has 3 nitrogen and oxygen atoms in total. The highest BCUT2D eigenvalue weighted by Crippen LogP contribution is 2.07. The lowest BCUT2D eigenvalue weighted by Crippen LogP contribution is -2.49. The van der Waals surface area contributed by atoms with E-state index in [1.165, 1.54) is 5.56 Å². The smallest absolute Gasteiger partial charge is 0.222 e. The third-order valence-corrected chi connectivity index (χ3v) is 3.77. The zero-order valence-corrected chi connectivity index (χ0v) is 13.2. The van der Waals surface area contributed by atoms with Crippen LogP contribution in [0, 0.1) is 0 Å². The fourth-order valence-corrected chi connectivity index (χ4v) is 2.63. The van der Waals surface area contributed by atoms with Crippen LogP contribution in [0.2, 0.25) is 0 Å². The molecule has 1 aromatic carbocycles. The molecule has 1 amide bonds. The van der Waals surface area contributed by atoms with E-state index in [2.05, 4.69) is 17.0 Å². The average molecular weight is 317 g/mol. The Balaban J connectivity index is 0.00000200. The minimum absolute atomic E-state index is 0. The van der Waals surface area contributed by atoms with Gasteiger partial charge in [-0.3, -0.25) is 9.69 Å². The lowest BCUT2D eigenvalue weighted by Gasteiger charge is -2.34. The van der Waals surface area contributed by atoms with E-state index < -0.39 is 0 Å². The number of benzene rings is 1. The predicted molar refractivity (Wildman–Crippen MR) is 85.8 cm³/mol. The molecule has 1 aromatic rings. The SMILES string of the molecule is Cl.O=C(CCc1ccccc1)N1CCN(CCCl)CC1. The molecule has 1 aliphatic heterocycles. The first-order chi connectivity index (χ1) is 9.29. The molecule has 1 aliphatic rings. The van der Waals surface area contributed by atoms with E-state index >= 15 is 0 Å². The van der Waals surface area contributed by atoms with Crippen molar-refractivity contribution in [1.29, 1.82) is 0 Å². The number of hydrogen-bond donors (Lipinski definition) is 0. The fourth-order valence-electron chi connectivity index (χ4n) is 2.39. The van der Waals surface area contributed by atoms with Gasteiger partial charge in [0.2, 0.25) is 5.91 Å². The van der Waals surface area contributed by atoms with E-state index in [0.717, 1.165) is 39.1 Å². The zero-order valence-electron chi connectivity index (χ0n) is 11.6. The van der Waals surface area contributed by atoms with Crippen molar-refractivity contribution < 1.29 is 4.79 Å². The Kier molecular flexibility index (Phi) is 7.97. The molecule has 20 heavy (non-hydrogen) atoms. The summed E-state index contributed by atoms with van der Waals surface area (Å²) >= 11 is 5.73. The van der Waals surface area contributed by atoms with Gasteiger partial charge < -0.3 is 4.90 Å². The summed E-state index contributed by atoms with van der Waals surface area (Å²) < 4.78 is 0. The number of piperazine rings is 1. The van der Waals surface area contributed by atoms with Crippen molar-refractivity contribution in [3.63, 3.8) is 0 Å². The van der Waals surface area contributed by atoms with Crippen LogP contribution >= 0.6 is 24.0 Å². The summed E-state index contributed by atoms with van der Waals surface area (Å²) in [7, 11) is 0. The molecule has 0 atom stereocenters. The number of aryl methyl sites for hydroxylation is 1. The summed E-state index contributed by atoms with van der Waals surface area (Å²) in [5.74, 6) is 0.941. The van der Waals surface area contributed by atoms with Crippen molar-refractivity contribution in [2.24, 2.45) is 0 Å². The largest absolute Gasteiger partial charge is 0.340 e. The Morgan fingerprint density at radius 1 is 1.10 bits per heavy atom. The molecular weight excluding hydrogens is 295 g/mol. The van der Waals surface area contributed by atoms with Gasteiger partial charge in [-0.15, -0.1) is 24.0 Å². The molecule has 1 fully saturated rings. The van der Waals surface area contributed by atoms with Crippen molar-refractivity contribution in [3.05, 3.63) is 35.9 Å². The Hall–Kier alpha value is -0.770. The Morgan fingerprint density at radius 3 is 2.35 bits per heavy atom. The van der Waals surface area contributed by atoms with Crippen LogP contribution < -0.4 is 0 Å². The molecule has 0 saturated carbocycles. The van der Waals surface area contributed by atoms with Crippen molar-refractivity contribution >= 4 is 29.9 Å². The third kappa shape index (κ3) is 5.31. The van der Waals surface area contributed by atoms with Crippen LogP contribution in [0.4, 0.5) is 0 Å². The van der Waals surface area contributed by atoms with Gasteiger partial charge in [0.1, 0.15) is 0 Å². The van der Waals surface area contributed by atoms with E-state index in [0.29, 0.717) is 12.3 Å². The zero-order chi connectivity index (χ0) is 13.5. The van der Waals surface area contributed by atoms with Crippen molar-refractivity contribution in [3.8, 4) is 0 Å². The molecule has 1 heterocycles. The van der Waals surface area contributed by atoms with Gasteiger partial charge in [-0.05, 0) is 12.0 Å². The minimum Gasteiger partial charge on any atom is -0.340 e. The lowest BCUT2D eigenvalue weighted by atomic mass is 10.1. The molecular formula is C15H22Cl2N2O. The summed E-state index contributed by atoms with van der Waals surface area (Å²) in [6.07, 6.45) is 1.45. The highest BCUT2D eigenvalue weighted by atomic mass is 35.5. The quantitative estimate of drug-likeness (QED) is 0.779. The fraction of sp³-hybridized carbons (Fsp3) is 0.533. The minimum atomic E-state index is 0. The van der Waals surface area contributed by atoms with Crippen LogP contribution in [0.5, 0.6) is 0 Å². The topological polar surface area (TPSA) is 23.6 Å². The van der Waals surface area contributed by atoms with E-state index in [4.69, 9.17) is 11.6 Å². The Bertz CT molecular complexity index is 392. The monoisotopic (exact) mass is 316 g/mol. The highest BCUT2D eigenvalue weighted by Gasteiger charge is 2.20. The van der Waals surface area contributed by atoms with Crippen LogP contribution in [-0.4, -0.2) is 54.3 Å². The lowest BCUT2D eigenvalue weighted by molar-refractivity contribution is -0.132. The second-order valence-corrected chi connectivity index (χ2v) is 5.27. The summed E-state index contributed by atoms with van der Waals surface area (Å²) in [6.45, 7) is 4.50. The molecule has 0 N–H and O–H groups in total. The van der Waals surface area contributed by atoms with Crippen molar-refractivity contribution in [1.82, 2.24) is 9.80 Å². The van der Waals surface area contributed by atoms with E-state index in [-0.39, 0.29) is 18.3 Å². The maximum atomic E-state index is 12.1. The second-order valence-electron chi connectivity index (χ2n) is 4.90. The summed E-state index contributed by atoms with van der Waals surface area (Å²) in [4.78, 5) is 16.4. The van der Waals surface area contributed by atoms with E-state index in [1.54, 1.807) is 0 Å². The molecule has 5 heteroatoms. The molecule has 0 aliphatic carbocycles. The second kappa shape index (κ2) is 9.22. The number of amides is 1. The Morgan fingerprint density at radius 2 is 1.75 bits per heavy atom. The maximum absolute atomic E-state index is 12.1. The molecule has 0 aromatic heterocycles. The first-order valence-corrected chi connectivity index (χ1v) is 7.43. The molecule has 0 bridgehead atoms. The molecule has 0 radical (unpaired) electrons. The van der Waals surface area contributed by atoms with Gasteiger partial charge in [0.15, 0.2) is 0 Å². The normalized spacial score (nSPS) is 15.8. The van der Waals surface area contributed by atoms with Gasteiger partial charge in [-0.1, -0.05) is 30.3 Å². The molecule has 112 valence electrons. The van der Waals surface area contributed by atoms with Crippen molar-refractivity contribution in [2.75, 3.05) is 38.6 Å². The molecule has 1 saturated heterocycles. The first-order valence-electron chi connectivity index (χ1n) is 6.89. The van der Waals surface area contributed by atoms with E-state index in [9.17, 15) is 4.79 Å². The number of halogens is 2. The number of carbonyl (C=O) groups excluding carboxylic acids is 1. The van der Waals surface area contributed by atoms with Crippen LogP contribution in [0.1, 0.15) is 12.0 Å². The summed E-state index contributed by atoms with van der Waals surface area (Å²) in [5.41, 5.74) is 1.23. The first kappa shape index (κ1) is 17.3. The van der Waals surface area contributed by atoms with E-state index in [1.807, 2.05) is 23.1 Å². The molecule has 0 unspecified atom stereocenters. The number of rotatable bonds is 5. The molecule has 2 rings (SSSR count). The van der Waals surface area contributed by atoms with Gasteiger partial charge in [-0.25, -0.2) is 0 Å². The summed E-state index contributed by atoms with van der Waals surface area (Å²) in [6, 6.07) is 10.2. The van der Waals surface area contributed by atoms with Crippen LogP contribution in [-0.2, 0) is 11.2 Å². The number of alkyl halides is 1. The number of carbonyl (C=O) groups is 1. The molecule has 0 spiro atoms. The predicted octanol–water partition coefficient (Wildman–Crippen LogP) is 2.42. The van der Waals surface area contributed by atoms with Crippen LogP contribution in [0.25, 0.3) is 0 Å². The summed E-state index contributed by atoms with van der Waals surface area (Å²) in [5, 5.41) is 0. The number of nitrogens with zero attached hydrogens (tertiary/aromatic N) is 2. The number of hydrogen-bond acceptors (Lipinski definition) is 2. The third-order valence-electron chi connectivity index (χ3n) is 3.60. The van der Waals surface area contributed by atoms with Crippen molar-refractivity contribution in [2.45, 2.75) is 12.8 Å². The van der Waals surface area contributed by atoms with Gasteiger partial charge in [0.25, 0.3) is 0 Å². The standard InChI is InChI=1S/C15H21ClN2O.ClH/c16-8-9-17-10-12-18(13-11-17)15(19)7-6-14-4-2-1-3-5-14;/h1-5H,6-13H2;1H.